The van der Waals surface area contributed by atoms with Crippen molar-refractivity contribution in [3.8, 4) is 0 Å². The highest BCUT2D eigenvalue weighted by molar-refractivity contribution is 7.89. The van der Waals surface area contributed by atoms with E-state index in [4.69, 9.17) is 0 Å². The average molecular weight is 325 g/mol. The van der Waals surface area contributed by atoms with Gasteiger partial charge in [0, 0.05) is 38.7 Å². The van der Waals surface area contributed by atoms with E-state index >= 15 is 0 Å². The number of hydrogen-bond acceptors (Lipinski definition) is 4. The first-order valence-electron chi connectivity index (χ1n) is 7.03. The molecule has 1 aromatic carbocycles. The van der Waals surface area contributed by atoms with E-state index < -0.39 is 10.0 Å². The molecular weight excluding hydrogens is 306 g/mol. The smallest absolute Gasteiger partial charge is 0.240 e. The van der Waals surface area contributed by atoms with Gasteiger partial charge >= 0.3 is 0 Å². The standard InChI is InChI=1S/C14H19N3O4S/c1-11(18)16-12-3-5-13(6-4-12)22(20,21)15-8-7-14(19)17-9-2-10-17/h3-6,15H,2,7-10H2,1H3,(H,16,18). The third kappa shape index (κ3) is 4.28. The molecule has 1 aliphatic rings. The molecule has 22 heavy (non-hydrogen) atoms. The normalized spacial score (nSPS) is 14.3. The van der Waals surface area contributed by atoms with Crippen LogP contribution >= 0.6 is 0 Å². The van der Waals surface area contributed by atoms with Crippen molar-refractivity contribution < 1.29 is 18.0 Å². The van der Waals surface area contributed by atoms with Gasteiger partial charge in [-0.3, -0.25) is 9.59 Å². The maximum atomic E-state index is 12.1. The van der Waals surface area contributed by atoms with Crippen LogP contribution in [0.5, 0.6) is 0 Å². The molecule has 8 heteroatoms. The Balaban J connectivity index is 1.89. The van der Waals surface area contributed by atoms with Gasteiger partial charge in [0.2, 0.25) is 21.8 Å². The Labute approximate surface area is 129 Å². The molecule has 0 atom stereocenters. The summed E-state index contributed by atoms with van der Waals surface area (Å²) in [7, 11) is -3.65. The molecule has 0 aromatic heterocycles. The van der Waals surface area contributed by atoms with Gasteiger partial charge in [0.15, 0.2) is 0 Å². The lowest BCUT2D eigenvalue weighted by Crippen LogP contribution is -2.43. The third-order valence-corrected chi connectivity index (χ3v) is 4.80. The molecule has 0 unspecified atom stereocenters. The Kier molecular flexibility index (Phi) is 5.15. The summed E-state index contributed by atoms with van der Waals surface area (Å²) in [6.45, 7) is 2.97. The Morgan fingerprint density at radius 1 is 1.18 bits per heavy atom. The van der Waals surface area contributed by atoms with Crippen molar-refractivity contribution in [3.63, 3.8) is 0 Å². The summed E-state index contributed by atoms with van der Waals surface area (Å²) in [6.07, 6.45) is 1.17. The van der Waals surface area contributed by atoms with E-state index in [-0.39, 0.29) is 29.7 Å². The Hall–Kier alpha value is -1.93. The van der Waals surface area contributed by atoms with E-state index in [2.05, 4.69) is 10.0 Å². The van der Waals surface area contributed by atoms with E-state index in [0.717, 1.165) is 19.5 Å². The van der Waals surface area contributed by atoms with Crippen molar-refractivity contribution in [1.29, 1.82) is 0 Å². The van der Waals surface area contributed by atoms with Crippen LogP contribution in [0.15, 0.2) is 29.2 Å². The monoisotopic (exact) mass is 325 g/mol. The Morgan fingerprint density at radius 2 is 1.82 bits per heavy atom. The molecule has 2 N–H and O–H groups in total. The first-order valence-corrected chi connectivity index (χ1v) is 8.52. The molecule has 0 spiro atoms. The molecule has 1 aromatic rings. The number of nitrogens with one attached hydrogen (secondary N) is 2. The number of nitrogens with zero attached hydrogens (tertiary/aromatic N) is 1. The topological polar surface area (TPSA) is 95.6 Å². The maximum absolute atomic E-state index is 12.1. The molecule has 120 valence electrons. The van der Waals surface area contributed by atoms with Gasteiger partial charge in [0.1, 0.15) is 0 Å². The van der Waals surface area contributed by atoms with Crippen LogP contribution in [0.2, 0.25) is 0 Å². The summed E-state index contributed by atoms with van der Waals surface area (Å²) in [5.74, 6) is -0.256. The van der Waals surface area contributed by atoms with Crippen LogP contribution in [0.1, 0.15) is 19.8 Å². The lowest BCUT2D eigenvalue weighted by Gasteiger charge is -2.30. The van der Waals surface area contributed by atoms with Gasteiger partial charge in [0.05, 0.1) is 4.90 Å². The fourth-order valence-electron chi connectivity index (χ4n) is 2.02. The van der Waals surface area contributed by atoms with Gasteiger partial charge in [-0.1, -0.05) is 0 Å². The summed E-state index contributed by atoms with van der Waals surface area (Å²) in [5.41, 5.74) is 0.527. The Morgan fingerprint density at radius 3 is 2.32 bits per heavy atom. The maximum Gasteiger partial charge on any atom is 0.240 e. The quantitative estimate of drug-likeness (QED) is 0.798. The largest absolute Gasteiger partial charge is 0.343 e. The van der Waals surface area contributed by atoms with E-state index in [0.29, 0.717) is 5.69 Å². The van der Waals surface area contributed by atoms with Crippen LogP contribution in [0, 0.1) is 0 Å². The van der Waals surface area contributed by atoms with Gasteiger partial charge in [-0.05, 0) is 30.7 Å². The predicted molar refractivity (Wildman–Crippen MR) is 81.7 cm³/mol. The fourth-order valence-corrected chi connectivity index (χ4v) is 3.05. The molecule has 7 nitrogen and oxygen atoms in total. The van der Waals surface area contributed by atoms with Crippen molar-refractivity contribution >= 4 is 27.5 Å². The first-order chi connectivity index (χ1) is 10.4. The van der Waals surface area contributed by atoms with Crippen molar-refractivity contribution in [3.05, 3.63) is 24.3 Å². The molecule has 0 aliphatic carbocycles. The van der Waals surface area contributed by atoms with Crippen molar-refractivity contribution in [1.82, 2.24) is 9.62 Å². The van der Waals surface area contributed by atoms with Crippen LogP contribution < -0.4 is 10.0 Å². The number of carbonyl (C=O) groups excluding carboxylic acids is 2. The number of amides is 2. The summed E-state index contributed by atoms with van der Waals surface area (Å²) in [5, 5.41) is 2.56. The van der Waals surface area contributed by atoms with Crippen molar-refractivity contribution in [2.75, 3.05) is 25.0 Å². The van der Waals surface area contributed by atoms with Crippen LogP contribution in [0.4, 0.5) is 5.69 Å². The number of carbonyl (C=O) groups is 2. The molecule has 0 radical (unpaired) electrons. The highest BCUT2D eigenvalue weighted by Gasteiger charge is 2.20. The zero-order valence-corrected chi connectivity index (χ0v) is 13.1. The lowest BCUT2D eigenvalue weighted by molar-refractivity contribution is -0.134. The second kappa shape index (κ2) is 6.89. The molecule has 0 saturated carbocycles. The lowest BCUT2D eigenvalue weighted by atomic mass is 10.2. The Bertz CT molecular complexity index is 651. The fraction of sp³-hybridized carbons (Fsp3) is 0.429. The van der Waals surface area contributed by atoms with Crippen molar-refractivity contribution in [2.24, 2.45) is 0 Å². The molecule has 0 bridgehead atoms. The number of rotatable bonds is 6. The molecule has 2 amide bonds. The number of hydrogen-bond donors (Lipinski definition) is 2. The first kappa shape index (κ1) is 16.4. The minimum Gasteiger partial charge on any atom is -0.343 e. The molecule has 2 rings (SSSR count). The molecule has 1 fully saturated rings. The van der Waals surface area contributed by atoms with Gasteiger partial charge in [-0.2, -0.15) is 0 Å². The van der Waals surface area contributed by atoms with Gasteiger partial charge in [-0.15, -0.1) is 0 Å². The predicted octanol–water partition coefficient (Wildman–Crippen LogP) is 0.546. The molecule has 1 aliphatic heterocycles. The van der Waals surface area contributed by atoms with Gasteiger partial charge < -0.3 is 10.2 Å². The second-order valence-corrected chi connectivity index (χ2v) is 6.85. The number of anilines is 1. The summed E-state index contributed by atoms with van der Waals surface area (Å²) in [6, 6.07) is 5.85. The highest BCUT2D eigenvalue weighted by atomic mass is 32.2. The van der Waals surface area contributed by atoms with Crippen LogP contribution in [0.3, 0.4) is 0 Å². The van der Waals surface area contributed by atoms with E-state index in [1.165, 1.54) is 31.2 Å². The van der Waals surface area contributed by atoms with Crippen LogP contribution in [-0.4, -0.2) is 44.8 Å². The number of likely N-dealkylation sites (tertiary alicyclic amines) is 1. The van der Waals surface area contributed by atoms with E-state index in [1.807, 2.05) is 0 Å². The van der Waals surface area contributed by atoms with E-state index in [1.54, 1.807) is 4.90 Å². The highest BCUT2D eigenvalue weighted by Crippen LogP contribution is 2.14. The zero-order valence-electron chi connectivity index (χ0n) is 12.3. The molecule has 1 saturated heterocycles. The van der Waals surface area contributed by atoms with E-state index in [9.17, 15) is 18.0 Å². The van der Waals surface area contributed by atoms with Crippen LogP contribution in [0.25, 0.3) is 0 Å². The number of benzene rings is 1. The third-order valence-electron chi connectivity index (χ3n) is 3.32. The average Bonchev–Trinajstić information content (AvgIpc) is 2.36. The summed E-state index contributed by atoms with van der Waals surface area (Å²) < 4.78 is 26.6. The SMILES string of the molecule is CC(=O)Nc1ccc(S(=O)(=O)NCCC(=O)N2CCC2)cc1. The van der Waals surface area contributed by atoms with Crippen LogP contribution in [-0.2, 0) is 19.6 Å². The minimum atomic E-state index is -3.65. The summed E-state index contributed by atoms with van der Waals surface area (Å²) in [4.78, 5) is 24.4. The molecular formula is C14H19N3O4S. The van der Waals surface area contributed by atoms with Crippen molar-refractivity contribution in [2.45, 2.75) is 24.7 Å². The van der Waals surface area contributed by atoms with Gasteiger partial charge in [0.25, 0.3) is 0 Å². The second-order valence-electron chi connectivity index (χ2n) is 5.09. The van der Waals surface area contributed by atoms with Gasteiger partial charge in [-0.25, -0.2) is 13.1 Å². The summed E-state index contributed by atoms with van der Waals surface area (Å²) >= 11 is 0. The molecule has 1 heterocycles. The minimum absolute atomic E-state index is 0.0324. The number of sulfonamides is 1. The zero-order chi connectivity index (χ0) is 16.2.